The number of amides is 2. The highest BCUT2D eigenvalue weighted by atomic mass is 16.2. The zero-order valence-corrected chi connectivity index (χ0v) is 15.2. The molecule has 1 aromatic carbocycles. The predicted molar refractivity (Wildman–Crippen MR) is 104 cm³/mol. The van der Waals surface area contributed by atoms with Gasteiger partial charge in [-0.15, -0.1) is 0 Å². The number of nitrogens with one attached hydrogen (secondary N) is 2. The Labute approximate surface area is 157 Å². The van der Waals surface area contributed by atoms with Gasteiger partial charge in [0.2, 0.25) is 0 Å². The Morgan fingerprint density at radius 3 is 2.52 bits per heavy atom. The van der Waals surface area contributed by atoms with E-state index in [0.29, 0.717) is 12.1 Å². The molecule has 2 amide bonds. The van der Waals surface area contributed by atoms with Crippen LogP contribution >= 0.6 is 0 Å². The molecule has 0 aliphatic carbocycles. The summed E-state index contributed by atoms with van der Waals surface area (Å²) in [5, 5.41) is 5.67. The van der Waals surface area contributed by atoms with Gasteiger partial charge in [-0.25, -0.2) is 0 Å². The van der Waals surface area contributed by atoms with E-state index in [4.69, 9.17) is 0 Å². The van der Waals surface area contributed by atoms with Crippen LogP contribution in [0, 0.1) is 13.8 Å². The van der Waals surface area contributed by atoms with E-state index in [1.54, 1.807) is 18.5 Å². The normalized spacial score (nSPS) is 10.3. The Balaban J connectivity index is 1.70. The van der Waals surface area contributed by atoms with Gasteiger partial charge in [0, 0.05) is 36.4 Å². The highest BCUT2D eigenvalue weighted by molar-refractivity contribution is 6.06. The molecule has 0 atom stereocenters. The number of nitrogens with zero attached hydrogens (tertiary/aromatic N) is 2. The summed E-state index contributed by atoms with van der Waals surface area (Å²) < 4.78 is 0. The summed E-state index contributed by atoms with van der Waals surface area (Å²) in [7, 11) is 0. The van der Waals surface area contributed by atoms with Crippen LogP contribution in [0.1, 0.15) is 37.5 Å². The molecule has 136 valence electrons. The number of hydrogen-bond donors (Lipinski definition) is 2. The van der Waals surface area contributed by atoms with E-state index in [1.807, 2.05) is 44.2 Å². The van der Waals surface area contributed by atoms with E-state index in [2.05, 4.69) is 20.6 Å². The first-order valence-electron chi connectivity index (χ1n) is 8.55. The number of carbonyl (C=O) groups excluding carboxylic acids is 2. The fraction of sp³-hybridized carbons (Fsp3) is 0.143. The minimum absolute atomic E-state index is 0.192. The average Bonchev–Trinajstić information content (AvgIpc) is 2.70. The Hall–Kier alpha value is -3.54. The summed E-state index contributed by atoms with van der Waals surface area (Å²) in [5.74, 6) is -0.623. The second kappa shape index (κ2) is 8.23. The monoisotopic (exact) mass is 360 g/mol. The number of anilines is 1. The van der Waals surface area contributed by atoms with Crippen LogP contribution in [-0.2, 0) is 6.54 Å². The van der Waals surface area contributed by atoms with Gasteiger partial charge in [-0.1, -0.05) is 12.1 Å². The number of rotatable bonds is 5. The molecule has 6 nitrogen and oxygen atoms in total. The van der Waals surface area contributed by atoms with Crippen molar-refractivity contribution in [2.24, 2.45) is 0 Å². The van der Waals surface area contributed by atoms with Gasteiger partial charge in [-0.05, 0) is 60.9 Å². The third-order valence-electron chi connectivity index (χ3n) is 4.31. The fourth-order valence-corrected chi connectivity index (χ4v) is 2.55. The zero-order chi connectivity index (χ0) is 19.2. The fourth-order valence-electron chi connectivity index (χ4n) is 2.55. The smallest absolute Gasteiger partial charge is 0.270 e. The maximum absolute atomic E-state index is 12.6. The Bertz CT molecular complexity index is 971. The molecule has 0 aliphatic rings. The van der Waals surface area contributed by atoms with E-state index in [1.165, 1.54) is 12.3 Å². The quantitative estimate of drug-likeness (QED) is 0.731. The lowest BCUT2D eigenvalue weighted by Crippen LogP contribution is -2.24. The van der Waals surface area contributed by atoms with Crippen molar-refractivity contribution in [3.63, 3.8) is 0 Å². The molecule has 2 heterocycles. The van der Waals surface area contributed by atoms with Gasteiger partial charge in [-0.3, -0.25) is 19.6 Å². The summed E-state index contributed by atoms with van der Waals surface area (Å²) >= 11 is 0. The highest BCUT2D eigenvalue weighted by Gasteiger charge is 2.13. The molecule has 0 saturated carbocycles. The standard InChI is InChI=1S/C21H20N4O2/c1-14-4-3-5-18(15(14)2)25-20(26)17-8-11-23-19(12-17)21(27)24-13-16-6-9-22-10-7-16/h3-12H,13H2,1-2H3,(H,24,27)(H,25,26). The number of aromatic nitrogens is 2. The summed E-state index contributed by atoms with van der Waals surface area (Å²) in [6.07, 6.45) is 4.79. The van der Waals surface area contributed by atoms with Gasteiger partial charge in [0.1, 0.15) is 5.69 Å². The number of aryl methyl sites for hydroxylation is 1. The molecule has 0 radical (unpaired) electrons. The molecular formula is C21H20N4O2. The maximum atomic E-state index is 12.6. The van der Waals surface area contributed by atoms with Crippen LogP contribution < -0.4 is 10.6 Å². The van der Waals surface area contributed by atoms with Gasteiger partial charge >= 0.3 is 0 Å². The highest BCUT2D eigenvalue weighted by Crippen LogP contribution is 2.19. The molecule has 6 heteroatoms. The number of benzene rings is 1. The first-order chi connectivity index (χ1) is 13.0. The largest absolute Gasteiger partial charge is 0.347 e. The molecule has 0 bridgehead atoms. The van der Waals surface area contributed by atoms with Gasteiger partial charge in [0.25, 0.3) is 11.8 Å². The molecule has 27 heavy (non-hydrogen) atoms. The number of carbonyl (C=O) groups is 2. The second-order valence-corrected chi connectivity index (χ2v) is 6.17. The second-order valence-electron chi connectivity index (χ2n) is 6.17. The molecule has 3 aromatic rings. The minimum atomic E-state index is -0.340. The van der Waals surface area contributed by atoms with Gasteiger partial charge in [0.05, 0.1) is 0 Å². The van der Waals surface area contributed by atoms with Crippen LogP contribution in [0.2, 0.25) is 0 Å². The molecule has 3 rings (SSSR count). The Kier molecular flexibility index (Phi) is 5.56. The summed E-state index contributed by atoms with van der Waals surface area (Å²) in [5.41, 5.74) is 4.36. The molecular weight excluding hydrogens is 340 g/mol. The van der Waals surface area contributed by atoms with Crippen molar-refractivity contribution in [3.05, 3.63) is 89.0 Å². The number of pyridine rings is 2. The van der Waals surface area contributed by atoms with Crippen LogP contribution in [0.5, 0.6) is 0 Å². The minimum Gasteiger partial charge on any atom is -0.347 e. The zero-order valence-electron chi connectivity index (χ0n) is 15.2. The first-order valence-corrected chi connectivity index (χ1v) is 8.55. The van der Waals surface area contributed by atoms with Crippen molar-refractivity contribution in [1.29, 1.82) is 0 Å². The molecule has 0 unspecified atom stereocenters. The molecule has 2 N–H and O–H groups in total. The Morgan fingerprint density at radius 1 is 0.963 bits per heavy atom. The van der Waals surface area contributed by atoms with Crippen molar-refractivity contribution >= 4 is 17.5 Å². The summed E-state index contributed by atoms with van der Waals surface area (Å²) in [4.78, 5) is 32.9. The lowest BCUT2D eigenvalue weighted by atomic mass is 10.1. The molecule has 0 saturated heterocycles. The van der Waals surface area contributed by atoms with Crippen molar-refractivity contribution in [2.75, 3.05) is 5.32 Å². The van der Waals surface area contributed by atoms with Crippen LogP contribution in [0.25, 0.3) is 0 Å². The first kappa shape index (κ1) is 18.3. The van der Waals surface area contributed by atoms with Crippen LogP contribution in [0.3, 0.4) is 0 Å². The molecule has 0 fully saturated rings. The van der Waals surface area contributed by atoms with E-state index in [9.17, 15) is 9.59 Å². The topological polar surface area (TPSA) is 84.0 Å². The molecule has 2 aromatic heterocycles. The van der Waals surface area contributed by atoms with Gasteiger partial charge < -0.3 is 10.6 Å². The van der Waals surface area contributed by atoms with Crippen molar-refractivity contribution < 1.29 is 9.59 Å². The van der Waals surface area contributed by atoms with Crippen LogP contribution in [-0.4, -0.2) is 21.8 Å². The third-order valence-corrected chi connectivity index (χ3v) is 4.31. The lowest BCUT2D eigenvalue weighted by molar-refractivity contribution is 0.0946. The van der Waals surface area contributed by atoms with E-state index < -0.39 is 0 Å². The maximum Gasteiger partial charge on any atom is 0.270 e. The predicted octanol–water partition coefficient (Wildman–Crippen LogP) is 3.28. The van der Waals surface area contributed by atoms with Crippen molar-refractivity contribution in [1.82, 2.24) is 15.3 Å². The van der Waals surface area contributed by atoms with E-state index >= 15 is 0 Å². The average molecular weight is 360 g/mol. The van der Waals surface area contributed by atoms with Crippen molar-refractivity contribution in [2.45, 2.75) is 20.4 Å². The SMILES string of the molecule is Cc1cccc(NC(=O)c2ccnc(C(=O)NCc3ccncc3)c2)c1C. The lowest BCUT2D eigenvalue weighted by Gasteiger charge is -2.11. The van der Waals surface area contributed by atoms with Crippen molar-refractivity contribution in [3.8, 4) is 0 Å². The molecule has 0 spiro atoms. The van der Waals surface area contributed by atoms with Gasteiger partial charge in [-0.2, -0.15) is 0 Å². The van der Waals surface area contributed by atoms with Crippen LogP contribution in [0.15, 0.2) is 61.1 Å². The van der Waals surface area contributed by atoms with Gasteiger partial charge in [0.15, 0.2) is 0 Å². The summed E-state index contributed by atoms with van der Waals surface area (Å²) in [6, 6.07) is 12.4. The van der Waals surface area contributed by atoms with Crippen LogP contribution in [0.4, 0.5) is 5.69 Å². The molecule has 0 aliphatic heterocycles. The summed E-state index contributed by atoms with van der Waals surface area (Å²) in [6.45, 7) is 4.31. The van der Waals surface area contributed by atoms with E-state index in [0.717, 1.165) is 22.4 Å². The Morgan fingerprint density at radius 2 is 1.74 bits per heavy atom. The number of hydrogen-bond acceptors (Lipinski definition) is 4. The van der Waals surface area contributed by atoms with E-state index in [-0.39, 0.29) is 17.5 Å². The third kappa shape index (κ3) is 4.55.